The Balaban J connectivity index is 2.12. The number of aryl methyl sites for hydroxylation is 2. The van der Waals surface area contributed by atoms with Crippen molar-refractivity contribution >= 4 is 27.5 Å². The molecule has 1 aliphatic rings. The summed E-state index contributed by atoms with van der Waals surface area (Å²) in [6.45, 7) is 6.02. The minimum absolute atomic E-state index is 0.135. The number of hydrogen-bond acceptors (Lipinski definition) is 2. The highest BCUT2D eigenvalue weighted by Crippen LogP contribution is 2.32. The Labute approximate surface area is 129 Å². The van der Waals surface area contributed by atoms with E-state index in [9.17, 15) is 0 Å². The lowest BCUT2D eigenvalue weighted by Gasteiger charge is -2.28. The number of nitrogens with one attached hydrogen (secondary N) is 1. The second-order valence-corrected chi connectivity index (χ2v) is 6.41. The third-order valence-corrected chi connectivity index (χ3v) is 5.57. The molecule has 1 aromatic rings. The van der Waals surface area contributed by atoms with Gasteiger partial charge in [0, 0.05) is 24.5 Å². The summed E-state index contributed by atoms with van der Waals surface area (Å²) in [7, 11) is 0. The van der Waals surface area contributed by atoms with Crippen molar-refractivity contribution in [2.45, 2.75) is 64.6 Å². The lowest BCUT2D eigenvalue weighted by atomic mass is 10.0. The maximum atomic E-state index is 6.18. The molecule has 2 rings (SSSR count). The lowest BCUT2D eigenvalue weighted by molar-refractivity contribution is 0.360. The predicted octanol–water partition coefficient (Wildman–Crippen LogP) is 3.87. The highest BCUT2D eigenvalue weighted by molar-refractivity contribution is 9.10. The summed E-state index contributed by atoms with van der Waals surface area (Å²) in [4.78, 5) is 0. The summed E-state index contributed by atoms with van der Waals surface area (Å²) in [6, 6.07) is 0. The third-order valence-electron chi connectivity index (χ3n) is 4.14. The Morgan fingerprint density at radius 3 is 2.58 bits per heavy atom. The topological polar surface area (TPSA) is 29.9 Å². The first kappa shape index (κ1) is 15.3. The molecule has 1 aliphatic carbocycles. The standard InChI is InChI=1S/C14H23BrClN3/c1-3-11-13(15)12(19(4-2)18-11)9-17-14(10-16)7-5-6-8-14/h17H,3-10H2,1-2H3. The second-order valence-electron chi connectivity index (χ2n) is 5.35. The number of aromatic nitrogens is 2. The molecule has 0 unspecified atom stereocenters. The summed E-state index contributed by atoms with van der Waals surface area (Å²) >= 11 is 9.88. The van der Waals surface area contributed by atoms with Crippen LogP contribution in [0.2, 0.25) is 0 Å². The molecule has 3 nitrogen and oxygen atoms in total. The van der Waals surface area contributed by atoms with Crippen LogP contribution in [-0.2, 0) is 19.5 Å². The van der Waals surface area contributed by atoms with Crippen LogP contribution in [0.15, 0.2) is 4.47 Å². The van der Waals surface area contributed by atoms with Crippen molar-refractivity contribution in [1.29, 1.82) is 0 Å². The van der Waals surface area contributed by atoms with Crippen molar-refractivity contribution in [3.63, 3.8) is 0 Å². The number of nitrogens with zero attached hydrogens (tertiary/aromatic N) is 2. The molecule has 0 saturated heterocycles. The monoisotopic (exact) mass is 347 g/mol. The Hall–Kier alpha value is -0.0600. The quantitative estimate of drug-likeness (QED) is 0.791. The van der Waals surface area contributed by atoms with E-state index in [0.717, 1.165) is 29.7 Å². The van der Waals surface area contributed by atoms with Crippen molar-refractivity contribution in [3.8, 4) is 0 Å². The number of rotatable bonds is 6. The summed E-state index contributed by atoms with van der Waals surface area (Å²) < 4.78 is 3.25. The van der Waals surface area contributed by atoms with E-state index in [2.05, 4.69) is 44.9 Å². The lowest BCUT2D eigenvalue weighted by Crippen LogP contribution is -2.44. The van der Waals surface area contributed by atoms with E-state index >= 15 is 0 Å². The normalized spacial score (nSPS) is 18.1. The molecular formula is C14H23BrClN3. The van der Waals surface area contributed by atoms with Crippen LogP contribution in [0.25, 0.3) is 0 Å². The molecule has 1 fully saturated rings. The van der Waals surface area contributed by atoms with Gasteiger partial charge < -0.3 is 5.32 Å². The fraction of sp³-hybridized carbons (Fsp3) is 0.786. The van der Waals surface area contributed by atoms with Gasteiger partial charge in [0.2, 0.25) is 0 Å². The van der Waals surface area contributed by atoms with Gasteiger partial charge in [0.1, 0.15) is 0 Å². The largest absolute Gasteiger partial charge is 0.304 e. The molecule has 0 aliphatic heterocycles. The fourth-order valence-corrected chi connectivity index (χ4v) is 3.93. The molecule has 108 valence electrons. The van der Waals surface area contributed by atoms with Crippen LogP contribution in [0.3, 0.4) is 0 Å². The van der Waals surface area contributed by atoms with Gasteiger partial charge in [-0.1, -0.05) is 19.8 Å². The molecule has 1 aromatic heterocycles. The number of hydrogen-bond donors (Lipinski definition) is 1. The van der Waals surface area contributed by atoms with E-state index in [1.165, 1.54) is 31.4 Å². The molecule has 0 spiro atoms. The highest BCUT2D eigenvalue weighted by atomic mass is 79.9. The Morgan fingerprint density at radius 1 is 1.37 bits per heavy atom. The van der Waals surface area contributed by atoms with Gasteiger partial charge in [0.05, 0.1) is 15.9 Å². The van der Waals surface area contributed by atoms with Crippen LogP contribution in [0, 0.1) is 0 Å². The van der Waals surface area contributed by atoms with E-state index in [1.54, 1.807) is 0 Å². The summed E-state index contributed by atoms with van der Waals surface area (Å²) in [6.07, 6.45) is 5.91. The number of halogens is 2. The minimum atomic E-state index is 0.135. The van der Waals surface area contributed by atoms with Gasteiger partial charge >= 0.3 is 0 Å². The molecule has 0 aromatic carbocycles. The van der Waals surface area contributed by atoms with Crippen molar-refractivity contribution in [2.24, 2.45) is 0 Å². The SMILES string of the molecule is CCc1nn(CC)c(CNC2(CCl)CCCC2)c1Br. The van der Waals surface area contributed by atoms with Crippen molar-refractivity contribution in [1.82, 2.24) is 15.1 Å². The van der Waals surface area contributed by atoms with Gasteiger partial charge in [0.15, 0.2) is 0 Å². The fourth-order valence-electron chi connectivity index (χ4n) is 2.87. The highest BCUT2D eigenvalue weighted by Gasteiger charge is 2.32. The second kappa shape index (κ2) is 6.59. The van der Waals surface area contributed by atoms with Crippen LogP contribution in [0.4, 0.5) is 0 Å². The first-order valence-electron chi connectivity index (χ1n) is 7.21. The van der Waals surface area contributed by atoms with Crippen LogP contribution in [-0.4, -0.2) is 21.2 Å². The first-order valence-corrected chi connectivity index (χ1v) is 8.53. The van der Waals surface area contributed by atoms with Gasteiger partial charge in [-0.05, 0) is 42.1 Å². The van der Waals surface area contributed by atoms with E-state index in [1.807, 2.05) is 0 Å². The molecule has 5 heteroatoms. The first-order chi connectivity index (χ1) is 9.15. The van der Waals surface area contributed by atoms with E-state index in [0.29, 0.717) is 5.88 Å². The summed E-state index contributed by atoms with van der Waals surface area (Å²) in [5.41, 5.74) is 2.52. The van der Waals surface area contributed by atoms with E-state index < -0.39 is 0 Å². The van der Waals surface area contributed by atoms with Crippen LogP contribution in [0.1, 0.15) is 50.9 Å². The summed E-state index contributed by atoms with van der Waals surface area (Å²) in [5.74, 6) is 0.700. The maximum Gasteiger partial charge on any atom is 0.0767 e. The Kier molecular flexibility index (Phi) is 5.32. The average Bonchev–Trinajstić information content (AvgIpc) is 3.02. The summed E-state index contributed by atoms with van der Waals surface area (Å²) in [5, 5.41) is 8.33. The van der Waals surface area contributed by atoms with Crippen molar-refractivity contribution in [2.75, 3.05) is 5.88 Å². The predicted molar refractivity (Wildman–Crippen MR) is 83.7 cm³/mol. The molecule has 0 atom stereocenters. The average molecular weight is 349 g/mol. The Bertz CT molecular complexity index is 425. The van der Waals surface area contributed by atoms with Crippen LogP contribution >= 0.6 is 27.5 Å². The molecular weight excluding hydrogens is 326 g/mol. The molecule has 1 N–H and O–H groups in total. The van der Waals surface area contributed by atoms with E-state index in [4.69, 9.17) is 11.6 Å². The van der Waals surface area contributed by atoms with Crippen molar-refractivity contribution in [3.05, 3.63) is 15.9 Å². The van der Waals surface area contributed by atoms with E-state index in [-0.39, 0.29) is 5.54 Å². The van der Waals surface area contributed by atoms with Gasteiger partial charge in [-0.25, -0.2) is 0 Å². The minimum Gasteiger partial charge on any atom is -0.304 e. The molecule has 0 amide bonds. The van der Waals surface area contributed by atoms with Crippen molar-refractivity contribution < 1.29 is 0 Å². The zero-order valence-electron chi connectivity index (χ0n) is 11.8. The van der Waals surface area contributed by atoms with Gasteiger partial charge in [-0.15, -0.1) is 11.6 Å². The van der Waals surface area contributed by atoms with Gasteiger partial charge in [-0.3, -0.25) is 4.68 Å². The van der Waals surface area contributed by atoms with Crippen LogP contribution < -0.4 is 5.32 Å². The van der Waals surface area contributed by atoms with Gasteiger partial charge in [0.25, 0.3) is 0 Å². The smallest absolute Gasteiger partial charge is 0.0767 e. The molecule has 1 saturated carbocycles. The third kappa shape index (κ3) is 3.17. The number of alkyl halides is 1. The molecule has 0 bridgehead atoms. The Morgan fingerprint density at radius 2 is 2.05 bits per heavy atom. The molecule has 1 heterocycles. The molecule has 0 radical (unpaired) electrons. The van der Waals surface area contributed by atoms with Gasteiger partial charge in [-0.2, -0.15) is 5.10 Å². The van der Waals surface area contributed by atoms with Crippen LogP contribution in [0.5, 0.6) is 0 Å². The maximum absolute atomic E-state index is 6.18. The molecule has 19 heavy (non-hydrogen) atoms. The zero-order chi connectivity index (χ0) is 13.9. The zero-order valence-corrected chi connectivity index (χ0v) is 14.1.